The first kappa shape index (κ1) is 16.2. The van der Waals surface area contributed by atoms with Gasteiger partial charge in [-0.1, -0.05) is 20.8 Å². The van der Waals surface area contributed by atoms with Crippen molar-refractivity contribution in [2.24, 2.45) is 5.41 Å². The summed E-state index contributed by atoms with van der Waals surface area (Å²) >= 11 is 0. The first-order valence-electron chi connectivity index (χ1n) is 7.69. The van der Waals surface area contributed by atoms with Gasteiger partial charge in [0.15, 0.2) is 0 Å². The molecular formula is C17H20FN5O. The van der Waals surface area contributed by atoms with Gasteiger partial charge in [0.2, 0.25) is 0 Å². The van der Waals surface area contributed by atoms with Gasteiger partial charge in [0.05, 0.1) is 30.1 Å². The van der Waals surface area contributed by atoms with Crippen molar-refractivity contribution in [1.82, 2.24) is 19.1 Å². The first-order chi connectivity index (χ1) is 11.2. The van der Waals surface area contributed by atoms with Crippen molar-refractivity contribution >= 4 is 16.7 Å². The largest absolute Gasteiger partial charge is 0.393 e. The molecule has 0 aliphatic carbocycles. The molecule has 3 aromatic rings. The second-order valence-electron chi connectivity index (χ2n) is 7.09. The third-order valence-corrected chi connectivity index (χ3v) is 3.66. The molecule has 2 N–H and O–H groups in total. The number of imidazole rings is 1. The van der Waals surface area contributed by atoms with E-state index in [0.29, 0.717) is 17.9 Å². The van der Waals surface area contributed by atoms with Crippen LogP contribution in [0.25, 0.3) is 11.0 Å². The van der Waals surface area contributed by atoms with Gasteiger partial charge in [0.1, 0.15) is 17.3 Å². The summed E-state index contributed by atoms with van der Waals surface area (Å²) in [7, 11) is 0. The molecule has 2 aromatic heterocycles. The average molecular weight is 329 g/mol. The van der Waals surface area contributed by atoms with Crippen LogP contribution in [0.4, 0.5) is 10.1 Å². The van der Waals surface area contributed by atoms with Crippen LogP contribution in [0.15, 0.2) is 35.5 Å². The summed E-state index contributed by atoms with van der Waals surface area (Å²) in [5.74, 6) is 0.331. The highest BCUT2D eigenvalue weighted by Gasteiger charge is 2.18. The molecule has 0 aliphatic rings. The molecule has 7 heteroatoms. The van der Waals surface area contributed by atoms with E-state index in [2.05, 4.69) is 30.7 Å². The van der Waals surface area contributed by atoms with Gasteiger partial charge in [0, 0.05) is 12.6 Å². The Hall–Kier alpha value is -2.70. The van der Waals surface area contributed by atoms with E-state index in [0.717, 1.165) is 5.52 Å². The van der Waals surface area contributed by atoms with E-state index in [1.807, 2.05) is 4.57 Å². The fourth-order valence-electron chi connectivity index (χ4n) is 2.66. The molecule has 24 heavy (non-hydrogen) atoms. The number of nitrogens with zero attached hydrogens (tertiary/aromatic N) is 4. The van der Waals surface area contributed by atoms with Crippen LogP contribution in [-0.2, 0) is 13.1 Å². The number of hydrogen-bond donors (Lipinski definition) is 1. The number of anilines is 1. The molecule has 0 amide bonds. The lowest BCUT2D eigenvalue weighted by Gasteiger charge is -2.21. The van der Waals surface area contributed by atoms with Gasteiger partial charge in [-0.15, -0.1) is 0 Å². The third-order valence-electron chi connectivity index (χ3n) is 3.66. The summed E-state index contributed by atoms with van der Waals surface area (Å²) in [6.45, 7) is 7.25. The minimum absolute atomic E-state index is 0.00427. The van der Waals surface area contributed by atoms with E-state index >= 15 is 0 Å². The Bertz CT molecular complexity index is 952. The van der Waals surface area contributed by atoms with Crippen molar-refractivity contribution in [3.63, 3.8) is 0 Å². The molecule has 6 nitrogen and oxygen atoms in total. The van der Waals surface area contributed by atoms with E-state index in [-0.39, 0.29) is 29.0 Å². The number of nitrogen functional groups attached to an aromatic ring is 1. The molecule has 0 aliphatic heterocycles. The summed E-state index contributed by atoms with van der Waals surface area (Å²) in [5, 5.41) is 0. The number of nitrogens with two attached hydrogens (primary N) is 1. The highest BCUT2D eigenvalue weighted by Crippen LogP contribution is 2.24. The van der Waals surface area contributed by atoms with Gasteiger partial charge < -0.3 is 10.3 Å². The number of rotatable bonds is 3. The lowest BCUT2D eigenvalue weighted by molar-refractivity contribution is 0.341. The number of aromatic nitrogens is 4. The summed E-state index contributed by atoms with van der Waals surface area (Å²) in [6, 6.07) is 4.53. The van der Waals surface area contributed by atoms with Crippen LogP contribution in [0.5, 0.6) is 0 Å². The van der Waals surface area contributed by atoms with Gasteiger partial charge in [-0.25, -0.2) is 14.4 Å². The van der Waals surface area contributed by atoms with Crippen molar-refractivity contribution < 1.29 is 4.39 Å². The van der Waals surface area contributed by atoms with Gasteiger partial charge in [-0.2, -0.15) is 0 Å². The standard InChI is InChI=1S/C17H20FN5O/c1-17(2,3)9-23-14-5-4-11(18)6-13(14)21-15(23)8-22-10-20-7-12(19)16(22)24/h4-7,10H,8-9,19H2,1-3H3. The van der Waals surface area contributed by atoms with E-state index in [1.54, 1.807) is 6.07 Å². The van der Waals surface area contributed by atoms with Crippen molar-refractivity contribution in [1.29, 1.82) is 0 Å². The Morgan fingerprint density at radius 2 is 2.04 bits per heavy atom. The number of halogens is 1. The minimum Gasteiger partial charge on any atom is -0.393 e. The summed E-state index contributed by atoms with van der Waals surface area (Å²) in [4.78, 5) is 20.6. The molecule has 1 aromatic carbocycles. The zero-order valence-corrected chi connectivity index (χ0v) is 14.0. The first-order valence-corrected chi connectivity index (χ1v) is 7.69. The molecule has 3 rings (SSSR count). The molecule has 0 radical (unpaired) electrons. The van der Waals surface area contributed by atoms with E-state index in [9.17, 15) is 9.18 Å². The van der Waals surface area contributed by atoms with Crippen molar-refractivity contribution in [2.75, 3.05) is 5.73 Å². The molecular weight excluding hydrogens is 309 g/mol. The maximum atomic E-state index is 13.5. The number of benzene rings is 1. The SMILES string of the molecule is CC(C)(C)Cn1c(Cn2cncc(N)c2=O)nc2cc(F)ccc21. The van der Waals surface area contributed by atoms with Crippen LogP contribution in [0.1, 0.15) is 26.6 Å². The van der Waals surface area contributed by atoms with Crippen molar-refractivity contribution in [2.45, 2.75) is 33.9 Å². The molecule has 0 atom stereocenters. The molecule has 2 heterocycles. The van der Waals surface area contributed by atoms with Crippen molar-refractivity contribution in [3.05, 3.63) is 52.7 Å². The number of hydrogen-bond acceptors (Lipinski definition) is 4. The second kappa shape index (κ2) is 5.74. The van der Waals surface area contributed by atoms with E-state index in [4.69, 9.17) is 5.73 Å². The van der Waals surface area contributed by atoms with E-state index < -0.39 is 0 Å². The predicted octanol–water partition coefficient (Wildman–Crippen LogP) is 2.41. The fraction of sp³-hybridized carbons (Fsp3) is 0.353. The maximum Gasteiger partial charge on any atom is 0.276 e. The van der Waals surface area contributed by atoms with Crippen LogP contribution in [-0.4, -0.2) is 19.1 Å². The van der Waals surface area contributed by atoms with Gasteiger partial charge in [0.25, 0.3) is 5.56 Å². The monoisotopic (exact) mass is 329 g/mol. The highest BCUT2D eigenvalue weighted by molar-refractivity contribution is 5.76. The molecule has 0 unspecified atom stereocenters. The third kappa shape index (κ3) is 3.15. The van der Waals surface area contributed by atoms with Gasteiger partial charge >= 0.3 is 0 Å². The molecule has 0 saturated heterocycles. The van der Waals surface area contributed by atoms with Crippen LogP contribution in [0, 0.1) is 11.2 Å². The predicted molar refractivity (Wildman–Crippen MR) is 91.2 cm³/mol. The molecule has 0 bridgehead atoms. The summed E-state index contributed by atoms with van der Waals surface area (Å²) in [5.41, 5.74) is 6.81. The van der Waals surface area contributed by atoms with Crippen LogP contribution < -0.4 is 11.3 Å². The lowest BCUT2D eigenvalue weighted by Crippen LogP contribution is -2.26. The van der Waals surface area contributed by atoms with Crippen molar-refractivity contribution in [3.8, 4) is 0 Å². The van der Waals surface area contributed by atoms with Crippen LogP contribution in [0.3, 0.4) is 0 Å². The average Bonchev–Trinajstić information content (AvgIpc) is 2.79. The fourth-order valence-corrected chi connectivity index (χ4v) is 2.66. The molecule has 126 valence electrons. The Balaban J connectivity index is 2.13. The quantitative estimate of drug-likeness (QED) is 0.800. The van der Waals surface area contributed by atoms with Gasteiger partial charge in [-0.05, 0) is 17.5 Å². The zero-order chi connectivity index (χ0) is 17.5. The Labute approximate surface area is 138 Å². The second-order valence-corrected chi connectivity index (χ2v) is 7.09. The zero-order valence-electron chi connectivity index (χ0n) is 14.0. The summed E-state index contributed by atoms with van der Waals surface area (Å²) in [6.07, 6.45) is 2.76. The number of fused-ring (bicyclic) bond motifs is 1. The molecule has 0 saturated carbocycles. The van der Waals surface area contributed by atoms with E-state index in [1.165, 1.54) is 29.2 Å². The normalized spacial score (nSPS) is 12.0. The topological polar surface area (TPSA) is 78.7 Å². The smallest absolute Gasteiger partial charge is 0.276 e. The summed E-state index contributed by atoms with van der Waals surface area (Å²) < 4.78 is 17.0. The minimum atomic E-state index is -0.336. The van der Waals surface area contributed by atoms with Crippen LogP contribution in [0.2, 0.25) is 0 Å². The molecule has 0 fully saturated rings. The Morgan fingerprint density at radius 1 is 1.29 bits per heavy atom. The Morgan fingerprint density at radius 3 is 2.75 bits per heavy atom. The van der Waals surface area contributed by atoms with Gasteiger partial charge in [-0.3, -0.25) is 9.36 Å². The lowest BCUT2D eigenvalue weighted by atomic mass is 9.96. The van der Waals surface area contributed by atoms with Crippen LogP contribution >= 0.6 is 0 Å². The Kier molecular flexibility index (Phi) is 3.87. The maximum absolute atomic E-state index is 13.5. The molecule has 0 spiro atoms. The highest BCUT2D eigenvalue weighted by atomic mass is 19.1.